The van der Waals surface area contributed by atoms with Crippen LogP contribution in [0, 0.1) is 0 Å². The molecule has 2 N–H and O–H groups in total. The number of alkyl halides is 1. The van der Waals surface area contributed by atoms with Crippen molar-refractivity contribution < 1.29 is 19.8 Å². The monoisotopic (exact) mass is 408 g/mol. The largest absolute Gasteiger partial charge is 0.494 e. The van der Waals surface area contributed by atoms with Crippen molar-refractivity contribution in [2.75, 3.05) is 17.0 Å². The topological polar surface area (TPSA) is 74.9 Å². The first kappa shape index (κ1) is 17.0. The molecule has 0 atom stereocenters. The van der Waals surface area contributed by atoms with Crippen LogP contribution in [0.2, 0.25) is 10.0 Å². The zero-order chi connectivity index (χ0) is 16.3. The van der Waals surface area contributed by atoms with Crippen LogP contribution < -0.4 is 5.06 Å². The normalized spacial score (nSPS) is 10.7. The van der Waals surface area contributed by atoms with E-state index < -0.39 is 5.88 Å². The fourth-order valence-corrected chi connectivity index (χ4v) is 2.51. The second-order valence-corrected chi connectivity index (χ2v) is 5.79. The Morgan fingerprint density at radius 3 is 2.41 bits per heavy atom. The van der Waals surface area contributed by atoms with Gasteiger partial charge < -0.3 is 10.2 Å². The number of aromatic nitrogens is 1. The number of rotatable bonds is 6. The van der Waals surface area contributed by atoms with Gasteiger partial charge >= 0.3 is 0 Å². The molecule has 0 bridgehead atoms. The molecule has 0 saturated carbocycles. The third-order valence-corrected chi connectivity index (χ3v) is 3.44. The van der Waals surface area contributed by atoms with Gasteiger partial charge in [0.05, 0.1) is 12.3 Å². The van der Waals surface area contributed by atoms with Crippen molar-refractivity contribution in [1.82, 2.24) is 4.57 Å². The van der Waals surface area contributed by atoms with Gasteiger partial charge in [0.1, 0.15) is 5.69 Å². The highest BCUT2D eigenvalue weighted by Gasteiger charge is 2.21. The summed E-state index contributed by atoms with van der Waals surface area (Å²) < 4.78 is 1.08. The minimum atomic E-state index is -0.391. The zero-order valence-electron chi connectivity index (χ0n) is 11.0. The number of anilines is 1. The highest BCUT2D eigenvalue weighted by Crippen LogP contribution is 2.38. The molecule has 118 valence electrons. The summed E-state index contributed by atoms with van der Waals surface area (Å²) in [5.41, 5.74) is 0.328. The third kappa shape index (κ3) is 3.49. The molecular formula is C13H11BrCl2N2O4. The Kier molecular flexibility index (Phi) is 5.57. The first-order valence-electron chi connectivity index (χ1n) is 6.01. The number of halogens is 3. The van der Waals surface area contributed by atoms with E-state index >= 15 is 0 Å². The molecule has 0 aliphatic heterocycles. The molecule has 9 heteroatoms. The molecule has 0 spiro atoms. The van der Waals surface area contributed by atoms with E-state index in [1.54, 1.807) is 0 Å². The number of amides is 1. The average Bonchev–Trinajstić information content (AvgIpc) is 2.74. The summed E-state index contributed by atoms with van der Waals surface area (Å²) in [5, 5.41) is 22.3. The van der Waals surface area contributed by atoms with Gasteiger partial charge in [0.15, 0.2) is 0 Å². The van der Waals surface area contributed by atoms with E-state index in [1.165, 1.54) is 24.3 Å². The number of hydrogen-bond donors (Lipinski definition) is 2. The Balaban J connectivity index is 2.48. The van der Waals surface area contributed by atoms with Gasteiger partial charge in [-0.15, -0.1) is 0 Å². The van der Waals surface area contributed by atoms with Gasteiger partial charge in [-0.1, -0.05) is 39.1 Å². The highest BCUT2D eigenvalue weighted by molar-refractivity contribution is 9.09. The van der Waals surface area contributed by atoms with Crippen LogP contribution in [0.15, 0.2) is 24.3 Å². The summed E-state index contributed by atoms with van der Waals surface area (Å²) in [6, 6.07) is 5.71. The van der Waals surface area contributed by atoms with E-state index in [1.807, 2.05) is 0 Å². The minimum absolute atomic E-state index is 0.00968. The van der Waals surface area contributed by atoms with Crippen molar-refractivity contribution in [2.24, 2.45) is 0 Å². The van der Waals surface area contributed by atoms with Crippen molar-refractivity contribution in [2.45, 2.75) is 0 Å². The molecule has 2 aromatic rings. The number of carbonyl (C=O) groups is 1. The molecule has 0 unspecified atom stereocenters. The highest BCUT2D eigenvalue weighted by atomic mass is 79.9. The van der Waals surface area contributed by atoms with Gasteiger partial charge in [-0.2, -0.15) is 5.06 Å². The van der Waals surface area contributed by atoms with Gasteiger partial charge in [0.2, 0.25) is 18.2 Å². The zero-order valence-corrected chi connectivity index (χ0v) is 14.1. The standard InChI is InChI=1S/C13H11BrCl2N2O4/c14-1-2-22-17(7-19)11-6-12(20)18(13(11)21)10-4-8(15)3-9(16)5-10/h3-7,20-21H,1-2H2. The van der Waals surface area contributed by atoms with Crippen LogP contribution in [0.25, 0.3) is 5.69 Å². The Bertz CT molecular complexity index is 673. The van der Waals surface area contributed by atoms with Crippen molar-refractivity contribution >= 4 is 51.2 Å². The summed E-state index contributed by atoms with van der Waals surface area (Å²) in [5.74, 6) is -0.697. The van der Waals surface area contributed by atoms with E-state index in [9.17, 15) is 15.0 Å². The smallest absolute Gasteiger partial charge is 0.238 e. The van der Waals surface area contributed by atoms with Crippen molar-refractivity contribution in [3.63, 3.8) is 0 Å². The van der Waals surface area contributed by atoms with Crippen LogP contribution >= 0.6 is 39.1 Å². The Labute approximate surface area is 144 Å². The molecule has 0 aliphatic rings. The molecule has 1 amide bonds. The second-order valence-electron chi connectivity index (χ2n) is 4.13. The molecule has 0 radical (unpaired) electrons. The van der Waals surface area contributed by atoms with Gasteiger partial charge in [-0.25, -0.2) is 4.57 Å². The first-order chi connectivity index (χ1) is 10.5. The summed E-state index contributed by atoms with van der Waals surface area (Å²) in [7, 11) is 0. The maximum absolute atomic E-state index is 11.1. The van der Waals surface area contributed by atoms with Crippen molar-refractivity contribution in [3.05, 3.63) is 34.3 Å². The fraction of sp³-hybridized carbons (Fsp3) is 0.154. The van der Waals surface area contributed by atoms with E-state index in [-0.39, 0.29) is 18.2 Å². The van der Waals surface area contributed by atoms with Crippen LogP contribution in [0.4, 0.5) is 5.69 Å². The predicted octanol–water partition coefficient (Wildman–Crippen LogP) is 3.48. The number of aromatic hydroxyl groups is 2. The van der Waals surface area contributed by atoms with Crippen molar-refractivity contribution in [1.29, 1.82) is 0 Å². The predicted molar refractivity (Wildman–Crippen MR) is 87.4 cm³/mol. The number of carbonyl (C=O) groups excluding carboxylic acids is 1. The molecule has 1 aromatic carbocycles. The Hall–Kier alpha value is -1.41. The van der Waals surface area contributed by atoms with Crippen LogP contribution in [-0.4, -0.2) is 33.1 Å². The molecular weight excluding hydrogens is 399 g/mol. The number of hydroxylamine groups is 1. The second kappa shape index (κ2) is 7.23. The maximum atomic E-state index is 11.1. The molecule has 6 nitrogen and oxygen atoms in total. The molecule has 1 heterocycles. The molecule has 2 rings (SSSR count). The van der Waals surface area contributed by atoms with E-state index in [2.05, 4.69) is 15.9 Å². The molecule has 0 saturated heterocycles. The fourth-order valence-electron chi connectivity index (χ4n) is 1.85. The Morgan fingerprint density at radius 1 is 1.23 bits per heavy atom. The van der Waals surface area contributed by atoms with Gasteiger partial charge in [-0.3, -0.25) is 9.63 Å². The van der Waals surface area contributed by atoms with Gasteiger partial charge in [0, 0.05) is 21.4 Å². The van der Waals surface area contributed by atoms with Crippen molar-refractivity contribution in [3.8, 4) is 17.4 Å². The SMILES string of the molecule is O=CN(OCCBr)c1cc(O)n(-c2cc(Cl)cc(Cl)c2)c1O. The summed E-state index contributed by atoms with van der Waals surface area (Å²) in [6.07, 6.45) is 0.381. The average molecular weight is 410 g/mol. The van der Waals surface area contributed by atoms with E-state index in [4.69, 9.17) is 28.0 Å². The molecule has 0 fully saturated rings. The Morgan fingerprint density at radius 2 is 1.86 bits per heavy atom. The minimum Gasteiger partial charge on any atom is -0.494 e. The molecule has 22 heavy (non-hydrogen) atoms. The molecule has 1 aromatic heterocycles. The lowest BCUT2D eigenvalue weighted by Gasteiger charge is -2.15. The van der Waals surface area contributed by atoms with Gasteiger partial charge in [-0.05, 0) is 18.2 Å². The number of benzene rings is 1. The third-order valence-electron chi connectivity index (χ3n) is 2.68. The van der Waals surface area contributed by atoms with Gasteiger partial charge in [0.25, 0.3) is 0 Å². The van der Waals surface area contributed by atoms with Crippen LogP contribution in [0.5, 0.6) is 11.8 Å². The lowest BCUT2D eigenvalue weighted by Crippen LogP contribution is -2.22. The van der Waals surface area contributed by atoms with E-state index in [0.717, 1.165) is 9.63 Å². The first-order valence-corrected chi connectivity index (χ1v) is 7.89. The molecule has 0 aliphatic carbocycles. The maximum Gasteiger partial charge on any atom is 0.238 e. The number of hydrogen-bond acceptors (Lipinski definition) is 4. The van der Waals surface area contributed by atoms with E-state index in [0.29, 0.717) is 27.5 Å². The lowest BCUT2D eigenvalue weighted by molar-refractivity contribution is -0.113. The van der Waals surface area contributed by atoms with Crippen LogP contribution in [0.3, 0.4) is 0 Å². The van der Waals surface area contributed by atoms with Crippen LogP contribution in [-0.2, 0) is 9.63 Å². The number of nitrogens with zero attached hydrogens (tertiary/aromatic N) is 2. The summed E-state index contributed by atoms with van der Waals surface area (Å²) in [6.45, 7) is 0.202. The quantitative estimate of drug-likeness (QED) is 0.435. The summed E-state index contributed by atoms with van der Waals surface area (Å²) >= 11 is 15.0. The summed E-state index contributed by atoms with van der Waals surface area (Å²) in [4.78, 5) is 16.2. The lowest BCUT2D eigenvalue weighted by atomic mass is 10.3. The van der Waals surface area contributed by atoms with Crippen LogP contribution in [0.1, 0.15) is 0 Å².